The number of fused-ring (bicyclic) bond motifs is 1. The summed E-state index contributed by atoms with van der Waals surface area (Å²) in [4.78, 5) is 0. The third kappa shape index (κ3) is 1.11. The molecule has 13 heavy (non-hydrogen) atoms. The Kier molecular flexibility index (Phi) is 2.06. The summed E-state index contributed by atoms with van der Waals surface area (Å²) in [5.41, 5.74) is 0. The number of nitrogens with zero attached hydrogens (tertiary/aromatic N) is 1. The van der Waals surface area contributed by atoms with E-state index in [0.29, 0.717) is 0 Å². The molecule has 3 unspecified atom stereocenters. The van der Waals surface area contributed by atoms with Crippen LogP contribution in [0.1, 0.15) is 0 Å². The van der Waals surface area contributed by atoms with Gasteiger partial charge in [0.25, 0.3) is 0 Å². The maximum atomic E-state index is 9.47. The zero-order chi connectivity index (χ0) is 9.75. The Morgan fingerprint density at radius 1 is 1.00 bits per heavy atom. The number of nitrogens with two attached hydrogens (primary N) is 1. The molecule has 0 aromatic carbocycles. The monoisotopic (exact) mass is 190 g/mol. The average Bonchev–Trinajstić information content (AvgIpc) is 2.75. The second-order valence-electron chi connectivity index (χ2n) is 3.75. The quantitative estimate of drug-likeness (QED) is 0.218. The molecule has 76 valence electrons. The van der Waals surface area contributed by atoms with Crippen LogP contribution in [0.4, 0.5) is 0 Å². The minimum absolute atomic E-state index is 0.210. The van der Waals surface area contributed by atoms with Crippen molar-refractivity contribution in [3.05, 3.63) is 0 Å². The van der Waals surface area contributed by atoms with E-state index >= 15 is 0 Å². The highest BCUT2D eigenvalue weighted by atomic mass is 16.4. The highest BCUT2D eigenvalue weighted by molar-refractivity contribution is 5.15. The Morgan fingerprint density at radius 2 is 1.62 bits per heavy atom. The average molecular weight is 190 g/mol. The number of aliphatic hydroxyl groups excluding tert-OH is 4. The summed E-state index contributed by atoms with van der Waals surface area (Å²) >= 11 is 0. The largest absolute Gasteiger partial charge is 0.396 e. The van der Waals surface area contributed by atoms with Gasteiger partial charge in [-0.05, 0) is 0 Å². The van der Waals surface area contributed by atoms with E-state index < -0.39 is 24.2 Å². The highest BCUT2D eigenvalue weighted by Gasteiger charge is 2.62. The molecule has 1 saturated heterocycles. The van der Waals surface area contributed by atoms with Gasteiger partial charge in [-0.3, -0.25) is 5.84 Å². The van der Waals surface area contributed by atoms with Crippen LogP contribution in [0.2, 0.25) is 0 Å². The lowest BCUT2D eigenvalue weighted by Gasteiger charge is -2.31. The van der Waals surface area contributed by atoms with Crippen molar-refractivity contribution >= 4 is 0 Å². The van der Waals surface area contributed by atoms with Gasteiger partial charge in [-0.1, -0.05) is 0 Å². The molecule has 2 aliphatic rings. The summed E-state index contributed by atoms with van der Waals surface area (Å²) in [5.74, 6) is 5.03. The van der Waals surface area contributed by atoms with Gasteiger partial charge in [-0.15, -0.1) is 0 Å². The van der Waals surface area contributed by atoms with Crippen molar-refractivity contribution in [2.24, 2.45) is 11.8 Å². The third-order valence-electron chi connectivity index (χ3n) is 3.09. The van der Waals surface area contributed by atoms with Gasteiger partial charge >= 0.3 is 0 Å². The van der Waals surface area contributed by atoms with Crippen LogP contribution < -0.4 is 5.84 Å². The van der Waals surface area contributed by atoms with E-state index in [1.54, 1.807) is 0 Å². The van der Waals surface area contributed by atoms with Crippen LogP contribution in [0, 0.1) is 5.92 Å². The molecule has 1 saturated carbocycles. The summed E-state index contributed by atoms with van der Waals surface area (Å²) in [6.07, 6.45) is -3.34. The molecule has 1 aliphatic carbocycles. The molecule has 6 N–H and O–H groups in total. The number of hydrogen-bond donors (Lipinski definition) is 5. The maximum absolute atomic E-state index is 9.47. The lowest BCUT2D eigenvalue weighted by molar-refractivity contribution is -0.105. The number of rotatable bonds is 1. The predicted octanol–water partition coefficient (Wildman–Crippen LogP) is -3.38. The van der Waals surface area contributed by atoms with Gasteiger partial charge in [0, 0.05) is 5.92 Å². The predicted molar refractivity (Wildman–Crippen MR) is 42.2 cm³/mol. The van der Waals surface area contributed by atoms with Crippen molar-refractivity contribution in [1.82, 2.24) is 5.01 Å². The molecule has 2 rings (SSSR count). The standard InChI is InChI=1S/C7H14N2O4/c8-9-3-2(1-10)5(11)7(13)6(12)4(3)9/h2-7,10-13H,1,8H2/t2-,3?,4?,5-,6-,7-,9?/m0/s1. The smallest absolute Gasteiger partial charge is 0.108 e. The maximum Gasteiger partial charge on any atom is 0.108 e. The van der Waals surface area contributed by atoms with Crippen LogP contribution in [0.15, 0.2) is 0 Å². The van der Waals surface area contributed by atoms with Crippen LogP contribution in [0.5, 0.6) is 0 Å². The van der Waals surface area contributed by atoms with E-state index in [1.165, 1.54) is 5.01 Å². The molecule has 7 atom stereocenters. The Hall–Kier alpha value is -0.240. The molecule has 1 aliphatic heterocycles. The van der Waals surface area contributed by atoms with Crippen LogP contribution in [0.25, 0.3) is 0 Å². The normalized spacial score (nSPS) is 60.2. The minimum Gasteiger partial charge on any atom is -0.396 e. The van der Waals surface area contributed by atoms with E-state index in [0.717, 1.165) is 0 Å². The highest BCUT2D eigenvalue weighted by Crippen LogP contribution is 2.41. The third-order valence-corrected chi connectivity index (χ3v) is 3.09. The van der Waals surface area contributed by atoms with Crippen LogP contribution in [0.3, 0.4) is 0 Å². The topological polar surface area (TPSA) is 110 Å². The molecule has 2 fully saturated rings. The number of hydrogen-bond acceptors (Lipinski definition) is 6. The lowest BCUT2D eigenvalue weighted by atomic mass is 9.83. The van der Waals surface area contributed by atoms with E-state index in [1.807, 2.05) is 0 Å². The van der Waals surface area contributed by atoms with Crippen molar-refractivity contribution in [2.45, 2.75) is 30.4 Å². The van der Waals surface area contributed by atoms with Gasteiger partial charge in [0.1, 0.15) is 12.2 Å². The first-order valence-electron chi connectivity index (χ1n) is 4.27. The van der Waals surface area contributed by atoms with Crippen molar-refractivity contribution < 1.29 is 20.4 Å². The molecule has 6 heteroatoms. The van der Waals surface area contributed by atoms with Gasteiger partial charge < -0.3 is 20.4 Å². The van der Waals surface area contributed by atoms with Gasteiger partial charge in [0.05, 0.1) is 24.8 Å². The fraction of sp³-hybridized carbons (Fsp3) is 1.00. The van der Waals surface area contributed by atoms with E-state index in [9.17, 15) is 15.3 Å². The molecule has 0 spiro atoms. The number of hydrazine groups is 1. The van der Waals surface area contributed by atoms with E-state index in [2.05, 4.69) is 0 Å². The van der Waals surface area contributed by atoms with Crippen molar-refractivity contribution in [2.75, 3.05) is 6.61 Å². The van der Waals surface area contributed by atoms with Gasteiger partial charge in [-0.2, -0.15) is 0 Å². The Labute approximate surface area is 75.2 Å². The first-order chi connectivity index (χ1) is 6.09. The van der Waals surface area contributed by atoms with Gasteiger partial charge in [-0.25, -0.2) is 5.01 Å². The molecule has 1 heterocycles. The molecule has 0 aromatic rings. The molecular weight excluding hydrogens is 176 g/mol. The summed E-state index contributed by atoms with van der Waals surface area (Å²) < 4.78 is 0. The Morgan fingerprint density at radius 3 is 2.15 bits per heavy atom. The lowest BCUT2D eigenvalue weighted by Crippen LogP contribution is -2.52. The molecular formula is C7H14N2O4. The Balaban J connectivity index is 2.16. The molecule has 0 radical (unpaired) electrons. The van der Waals surface area contributed by atoms with E-state index in [4.69, 9.17) is 10.9 Å². The van der Waals surface area contributed by atoms with Gasteiger partial charge in [0.2, 0.25) is 0 Å². The zero-order valence-electron chi connectivity index (χ0n) is 6.98. The fourth-order valence-electron chi connectivity index (χ4n) is 2.22. The number of aliphatic hydroxyl groups is 4. The minimum atomic E-state index is -1.22. The summed E-state index contributed by atoms with van der Waals surface area (Å²) in [7, 11) is 0. The first kappa shape index (κ1) is 9.32. The van der Waals surface area contributed by atoms with Crippen molar-refractivity contribution in [3.8, 4) is 0 Å². The van der Waals surface area contributed by atoms with Gasteiger partial charge in [0.15, 0.2) is 0 Å². The van der Waals surface area contributed by atoms with Crippen LogP contribution >= 0.6 is 0 Å². The summed E-state index contributed by atoms with van der Waals surface area (Å²) in [5, 5.41) is 38.6. The molecule has 0 bridgehead atoms. The first-order valence-corrected chi connectivity index (χ1v) is 4.27. The van der Waals surface area contributed by atoms with Crippen molar-refractivity contribution in [3.63, 3.8) is 0 Å². The van der Waals surface area contributed by atoms with Crippen LogP contribution in [-0.4, -0.2) is 62.4 Å². The zero-order valence-corrected chi connectivity index (χ0v) is 6.98. The van der Waals surface area contributed by atoms with Crippen LogP contribution in [-0.2, 0) is 0 Å². The second-order valence-corrected chi connectivity index (χ2v) is 3.75. The summed E-state index contributed by atoms with van der Waals surface area (Å²) in [6.45, 7) is -0.236. The van der Waals surface area contributed by atoms with Crippen molar-refractivity contribution in [1.29, 1.82) is 0 Å². The molecule has 0 amide bonds. The SMILES string of the molecule is NN1C2C1[C@H](CO)[C@H](O)[C@H](O)[C@H]2O. The van der Waals surface area contributed by atoms with E-state index in [-0.39, 0.29) is 18.7 Å². The Bertz CT molecular complexity index is 207. The molecule has 6 nitrogen and oxygen atoms in total. The second kappa shape index (κ2) is 2.88. The fourth-order valence-corrected chi connectivity index (χ4v) is 2.22. The summed E-state index contributed by atoms with van der Waals surface area (Å²) in [6, 6.07) is -0.533. The molecule has 0 aromatic heterocycles.